The van der Waals surface area contributed by atoms with Gasteiger partial charge in [0.1, 0.15) is 16.9 Å². The molecule has 0 unspecified atom stereocenters. The van der Waals surface area contributed by atoms with E-state index in [1.54, 1.807) is 30.3 Å². The molecule has 0 bridgehead atoms. The second-order valence-electron chi connectivity index (χ2n) is 6.64. The molecule has 1 amide bonds. The number of aryl methyl sites for hydroxylation is 1. The number of carbonyl (C=O) groups is 1. The third kappa shape index (κ3) is 2.85. The lowest BCUT2D eigenvalue weighted by atomic mass is 9.96. The van der Waals surface area contributed by atoms with E-state index in [0.717, 1.165) is 41.0 Å². The number of amidine groups is 1. The molecule has 1 atom stereocenters. The highest BCUT2D eigenvalue weighted by Crippen LogP contribution is 2.43. The highest BCUT2D eigenvalue weighted by atomic mass is 32.1. The van der Waals surface area contributed by atoms with Crippen LogP contribution in [0.25, 0.3) is 0 Å². The Morgan fingerprint density at radius 1 is 1.21 bits per heavy atom. The van der Waals surface area contributed by atoms with Crippen LogP contribution in [0.3, 0.4) is 0 Å². The number of thiophene rings is 1. The summed E-state index contributed by atoms with van der Waals surface area (Å²) in [4.78, 5) is 17.1. The predicted molar refractivity (Wildman–Crippen MR) is 99.2 cm³/mol. The topological polar surface area (TPSA) is 77.3 Å². The van der Waals surface area contributed by atoms with E-state index in [1.165, 1.54) is 0 Å². The van der Waals surface area contributed by atoms with E-state index < -0.39 is 17.7 Å². The molecule has 4 rings (SSSR count). The van der Waals surface area contributed by atoms with Crippen molar-refractivity contribution >= 4 is 28.1 Å². The van der Waals surface area contributed by atoms with E-state index in [4.69, 9.17) is 0 Å². The summed E-state index contributed by atoms with van der Waals surface area (Å²) in [5.41, 5.74) is -1.84. The SMILES string of the molecule is N#Cc1c(N[C@]2(C(F)(F)F)N=C(c3ccccc3)NC2=O)sc2c1CCCC2. The lowest BCUT2D eigenvalue weighted by Crippen LogP contribution is -2.57. The normalized spacial score (nSPS) is 21.5. The minimum Gasteiger partial charge on any atom is -0.336 e. The molecule has 28 heavy (non-hydrogen) atoms. The molecule has 2 heterocycles. The van der Waals surface area contributed by atoms with E-state index in [0.29, 0.717) is 12.0 Å². The van der Waals surface area contributed by atoms with Gasteiger partial charge in [0.05, 0.1) is 5.56 Å². The molecule has 1 aromatic heterocycles. The van der Waals surface area contributed by atoms with Crippen LogP contribution < -0.4 is 10.6 Å². The molecule has 5 nitrogen and oxygen atoms in total. The number of benzene rings is 1. The summed E-state index contributed by atoms with van der Waals surface area (Å²) >= 11 is 1.10. The van der Waals surface area contributed by atoms with Gasteiger partial charge in [-0.25, -0.2) is 4.99 Å². The van der Waals surface area contributed by atoms with Crippen molar-refractivity contribution in [1.29, 1.82) is 5.26 Å². The Morgan fingerprint density at radius 2 is 1.93 bits per heavy atom. The summed E-state index contributed by atoms with van der Waals surface area (Å²) in [6.45, 7) is 0. The number of aliphatic imine (C=N–C) groups is 1. The van der Waals surface area contributed by atoms with Crippen LogP contribution in [0, 0.1) is 11.3 Å². The molecule has 0 spiro atoms. The Labute approximate surface area is 162 Å². The molecule has 144 valence electrons. The number of hydrogen-bond acceptors (Lipinski definition) is 5. The number of nitrogens with zero attached hydrogens (tertiary/aromatic N) is 2. The van der Waals surface area contributed by atoms with Crippen molar-refractivity contribution in [3.8, 4) is 6.07 Å². The van der Waals surface area contributed by atoms with Crippen molar-refractivity contribution < 1.29 is 18.0 Å². The quantitative estimate of drug-likeness (QED) is 0.818. The van der Waals surface area contributed by atoms with Crippen LogP contribution in [0.2, 0.25) is 0 Å². The van der Waals surface area contributed by atoms with Crippen LogP contribution in [-0.4, -0.2) is 23.6 Å². The summed E-state index contributed by atoms with van der Waals surface area (Å²) in [5.74, 6) is -1.47. The fourth-order valence-electron chi connectivity index (χ4n) is 3.46. The number of amides is 1. The number of nitriles is 1. The molecular weight excluding hydrogens is 389 g/mol. The van der Waals surface area contributed by atoms with Crippen molar-refractivity contribution in [3.63, 3.8) is 0 Å². The Kier molecular flexibility index (Phi) is 4.38. The first kappa shape index (κ1) is 18.5. The molecule has 0 fully saturated rings. The van der Waals surface area contributed by atoms with E-state index >= 15 is 0 Å². The largest absolute Gasteiger partial charge is 0.442 e. The molecule has 2 N–H and O–H groups in total. The molecule has 0 saturated heterocycles. The molecular formula is C19H15F3N4OS. The Balaban J connectivity index is 1.81. The van der Waals surface area contributed by atoms with Gasteiger partial charge in [0.25, 0.3) is 5.91 Å². The number of rotatable bonds is 3. The zero-order valence-electron chi connectivity index (χ0n) is 14.6. The van der Waals surface area contributed by atoms with Gasteiger partial charge in [-0.3, -0.25) is 4.79 Å². The fourth-order valence-corrected chi connectivity index (χ4v) is 4.75. The van der Waals surface area contributed by atoms with Crippen LogP contribution in [0.4, 0.5) is 18.2 Å². The van der Waals surface area contributed by atoms with Crippen LogP contribution in [0.15, 0.2) is 35.3 Å². The van der Waals surface area contributed by atoms with Gasteiger partial charge in [0, 0.05) is 10.4 Å². The Hall–Kier alpha value is -2.86. The Bertz CT molecular complexity index is 1010. The lowest BCUT2D eigenvalue weighted by molar-refractivity contribution is -0.181. The maximum absolute atomic E-state index is 14.1. The van der Waals surface area contributed by atoms with Crippen molar-refractivity contribution in [2.24, 2.45) is 4.99 Å². The first-order valence-corrected chi connectivity index (χ1v) is 9.53. The number of carbonyl (C=O) groups excluding carboxylic acids is 1. The van der Waals surface area contributed by atoms with E-state index in [-0.39, 0.29) is 16.4 Å². The second kappa shape index (κ2) is 6.63. The van der Waals surface area contributed by atoms with Crippen molar-refractivity contribution in [2.75, 3.05) is 5.32 Å². The van der Waals surface area contributed by atoms with Crippen molar-refractivity contribution in [2.45, 2.75) is 37.5 Å². The van der Waals surface area contributed by atoms with E-state index in [1.807, 2.05) is 6.07 Å². The minimum absolute atomic E-state index is 0.0416. The predicted octanol–water partition coefficient (Wildman–Crippen LogP) is 3.75. The van der Waals surface area contributed by atoms with E-state index in [9.17, 15) is 23.2 Å². The number of fused-ring (bicyclic) bond motifs is 1. The number of hydrogen-bond donors (Lipinski definition) is 2. The third-order valence-electron chi connectivity index (χ3n) is 4.88. The monoisotopic (exact) mass is 404 g/mol. The Morgan fingerprint density at radius 3 is 2.61 bits per heavy atom. The highest BCUT2D eigenvalue weighted by Gasteiger charge is 2.64. The van der Waals surface area contributed by atoms with Gasteiger partial charge in [-0.15, -0.1) is 11.3 Å². The highest BCUT2D eigenvalue weighted by molar-refractivity contribution is 7.16. The number of anilines is 1. The number of alkyl halides is 3. The molecule has 1 aliphatic carbocycles. The smallest absolute Gasteiger partial charge is 0.336 e. The summed E-state index contributed by atoms with van der Waals surface area (Å²) < 4.78 is 42.2. The maximum Gasteiger partial charge on any atom is 0.442 e. The standard InChI is InChI=1S/C19H15F3N4OS/c20-19(21,22)18(17(27)24-15(25-18)11-6-2-1-3-7-11)26-16-13(10-23)12-8-4-5-9-14(12)28-16/h1-3,6-7,26H,4-5,8-9H2,(H,24,25,27)/t18-/m1/s1. The van der Waals surface area contributed by atoms with Gasteiger partial charge >= 0.3 is 11.8 Å². The summed E-state index contributed by atoms with van der Waals surface area (Å²) in [6, 6.07) is 10.1. The zero-order chi connectivity index (χ0) is 19.9. The molecule has 0 radical (unpaired) electrons. The summed E-state index contributed by atoms with van der Waals surface area (Å²) in [5, 5.41) is 14.1. The van der Waals surface area contributed by atoms with Gasteiger partial charge < -0.3 is 10.6 Å². The zero-order valence-corrected chi connectivity index (χ0v) is 15.4. The van der Waals surface area contributed by atoms with Crippen LogP contribution in [-0.2, 0) is 17.6 Å². The molecule has 9 heteroatoms. The maximum atomic E-state index is 14.1. The number of halogens is 3. The molecule has 0 saturated carbocycles. The van der Waals surface area contributed by atoms with Crippen LogP contribution >= 0.6 is 11.3 Å². The molecule has 1 aromatic carbocycles. The van der Waals surface area contributed by atoms with Crippen molar-refractivity contribution in [3.05, 3.63) is 51.9 Å². The minimum atomic E-state index is -5.00. The van der Waals surface area contributed by atoms with E-state index in [2.05, 4.69) is 15.6 Å². The number of nitrogens with one attached hydrogen (secondary N) is 2. The average Bonchev–Trinajstić information content (AvgIpc) is 3.20. The van der Waals surface area contributed by atoms with Crippen LogP contribution in [0.1, 0.15) is 34.4 Å². The molecule has 2 aliphatic rings. The first-order chi connectivity index (χ1) is 13.4. The van der Waals surface area contributed by atoms with Gasteiger partial charge in [-0.2, -0.15) is 18.4 Å². The van der Waals surface area contributed by atoms with Gasteiger partial charge in [0.2, 0.25) is 0 Å². The third-order valence-corrected chi connectivity index (χ3v) is 6.08. The average molecular weight is 404 g/mol. The summed E-state index contributed by atoms with van der Waals surface area (Å²) in [6.07, 6.45) is -1.80. The first-order valence-electron chi connectivity index (χ1n) is 8.72. The lowest BCUT2D eigenvalue weighted by Gasteiger charge is -2.27. The van der Waals surface area contributed by atoms with Gasteiger partial charge in [-0.05, 0) is 31.2 Å². The van der Waals surface area contributed by atoms with Gasteiger partial charge in [0.15, 0.2) is 0 Å². The van der Waals surface area contributed by atoms with Crippen molar-refractivity contribution in [1.82, 2.24) is 5.32 Å². The molecule has 2 aromatic rings. The molecule has 1 aliphatic heterocycles. The second-order valence-corrected chi connectivity index (χ2v) is 7.75. The van der Waals surface area contributed by atoms with Gasteiger partial charge in [-0.1, -0.05) is 30.3 Å². The van der Waals surface area contributed by atoms with Crippen LogP contribution in [0.5, 0.6) is 0 Å². The fraction of sp³-hybridized carbons (Fsp3) is 0.316. The summed E-state index contributed by atoms with van der Waals surface area (Å²) in [7, 11) is 0.